The van der Waals surface area contributed by atoms with Crippen molar-refractivity contribution >= 4 is 28.5 Å². The monoisotopic (exact) mass is 378 g/mol. The number of benzene rings is 2. The van der Waals surface area contributed by atoms with Crippen LogP contribution in [0.5, 0.6) is 0 Å². The second-order valence-corrected chi connectivity index (χ2v) is 7.32. The van der Waals surface area contributed by atoms with Crippen LogP contribution in [0.2, 0.25) is 0 Å². The number of aromatic nitrogens is 1. The van der Waals surface area contributed by atoms with Crippen molar-refractivity contribution < 1.29 is 19.1 Å². The third-order valence-corrected chi connectivity index (χ3v) is 4.02. The first-order valence-electron chi connectivity index (χ1n) is 8.83. The number of nitrogens with zero attached hydrogens (tertiary/aromatic N) is 1. The summed E-state index contributed by atoms with van der Waals surface area (Å²) in [7, 11) is 1.36. The fraction of sp³-hybridized carbons (Fsp3) is 0.227. The molecule has 0 saturated carbocycles. The molecule has 0 aliphatic heterocycles. The summed E-state index contributed by atoms with van der Waals surface area (Å²) in [4.78, 5) is 28.1. The number of amides is 1. The van der Waals surface area contributed by atoms with Gasteiger partial charge in [-0.1, -0.05) is 18.2 Å². The van der Waals surface area contributed by atoms with E-state index < -0.39 is 11.7 Å². The number of pyridine rings is 1. The van der Waals surface area contributed by atoms with E-state index in [9.17, 15) is 9.59 Å². The molecule has 0 spiro atoms. The normalized spacial score (nSPS) is 11.1. The summed E-state index contributed by atoms with van der Waals surface area (Å²) in [5, 5.41) is 4.52. The Bertz CT molecular complexity index is 1020. The van der Waals surface area contributed by atoms with E-state index in [1.54, 1.807) is 36.7 Å². The molecular formula is C22H22N2O4. The van der Waals surface area contributed by atoms with Gasteiger partial charge in [0, 0.05) is 29.0 Å². The first kappa shape index (κ1) is 19.4. The third-order valence-electron chi connectivity index (χ3n) is 4.02. The number of esters is 1. The van der Waals surface area contributed by atoms with Crippen LogP contribution in [0.1, 0.15) is 31.1 Å². The van der Waals surface area contributed by atoms with Gasteiger partial charge in [0.1, 0.15) is 5.60 Å². The van der Waals surface area contributed by atoms with Crippen LogP contribution in [0.25, 0.3) is 21.9 Å². The number of hydrogen-bond donors (Lipinski definition) is 1. The van der Waals surface area contributed by atoms with E-state index in [-0.39, 0.29) is 5.97 Å². The Morgan fingerprint density at radius 2 is 1.71 bits per heavy atom. The fourth-order valence-corrected chi connectivity index (χ4v) is 2.79. The highest BCUT2D eigenvalue weighted by Gasteiger charge is 2.16. The van der Waals surface area contributed by atoms with Crippen molar-refractivity contribution in [2.24, 2.45) is 0 Å². The lowest BCUT2D eigenvalue weighted by molar-refractivity contribution is 0.0598. The van der Waals surface area contributed by atoms with Gasteiger partial charge in [-0.3, -0.25) is 10.3 Å². The van der Waals surface area contributed by atoms with E-state index in [0.717, 1.165) is 21.9 Å². The molecule has 1 heterocycles. The molecule has 1 aromatic heterocycles. The first-order valence-corrected chi connectivity index (χ1v) is 8.83. The van der Waals surface area contributed by atoms with Gasteiger partial charge in [-0.05, 0) is 56.0 Å². The molecule has 3 aromatic rings. The highest BCUT2D eigenvalue weighted by Crippen LogP contribution is 2.29. The van der Waals surface area contributed by atoms with Crippen molar-refractivity contribution in [2.45, 2.75) is 26.4 Å². The zero-order chi connectivity index (χ0) is 20.3. The van der Waals surface area contributed by atoms with Crippen LogP contribution in [-0.4, -0.2) is 29.8 Å². The minimum Gasteiger partial charge on any atom is -0.465 e. The summed E-state index contributed by atoms with van der Waals surface area (Å²) in [6.45, 7) is 5.43. The molecule has 0 fully saturated rings. The van der Waals surface area contributed by atoms with Crippen molar-refractivity contribution in [3.05, 3.63) is 60.4 Å². The maximum atomic E-state index is 11.9. The Kier molecular flexibility index (Phi) is 5.31. The van der Waals surface area contributed by atoms with Gasteiger partial charge in [0.25, 0.3) is 0 Å². The van der Waals surface area contributed by atoms with Gasteiger partial charge in [0.05, 0.1) is 12.7 Å². The van der Waals surface area contributed by atoms with Gasteiger partial charge in [0.2, 0.25) is 0 Å². The van der Waals surface area contributed by atoms with E-state index in [1.807, 2.05) is 39.0 Å². The quantitative estimate of drug-likeness (QED) is 0.646. The lowest BCUT2D eigenvalue weighted by Gasteiger charge is -2.19. The molecule has 28 heavy (non-hydrogen) atoms. The molecule has 0 radical (unpaired) electrons. The van der Waals surface area contributed by atoms with Crippen molar-refractivity contribution in [3.63, 3.8) is 0 Å². The van der Waals surface area contributed by atoms with Gasteiger partial charge in [-0.15, -0.1) is 0 Å². The molecule has 0 bridgehead atoms. The zero-order valence-electron chi connectivity index (χ0n) is 16.3. The Balaban J connectivity index is 1.90. The maximum absolute atomic E-state index is 11.9. The number of anilines is 1. The average Bonchev–Trinajstić information content (AvgIpc) is 2.65. The van der Waals surface area contributed by atoms with Gasteiger partial charge in [-0.2, -0.15) is 0 Å². The van der Waals surface area contributed by atoms with Crippen LogP contribution in [0, 0.1) is 0 Å². The number of fused-ring (bicyclic) bond motifs is 1. The van der Waals surface area contributed by atoms with Crippen molar-refractivity contribution in [3.8, 4) is 11.1 Å². The van der Waals surface area contributed by atoms with Gasteiger partial charge >= 0.3 is 12.1 Å². The molecule has 3 rings (SSSR count). The van der Waals surface area contributed by atoms with Crippen LogP contribution in [0.15, 0.2) is 54.9 Å². The summed E-state index contributed by atoms with van der Waals surface area (Å²) in [6.07, 6.45) is 2.99. The lowest BCUT2D eigenvalue weighted by Crippen LogP contribution is -2.27. The maximum Gasteiger partial charge on any atom is 0.412 e. The molecule has 6 heteroatoms. The molecule has 0 saturated heterocycles. The summed E-state index contributed by atoms with van der Waals surface area (Å²) >= 11 is 0. The highest BCUT2D eigenvalue weighted by atomic mass is 16.6. The molecule has 0 aliphatic carbocycles. The van der Waals surface area contributed by atoms with Crippen LogP contribution < -0.4 is 5.32 Å². The molecule has 1 N–H and O–H groups in total. The zero-order valence-corrected chi connectivity index (χ0v) is 16.3. The van der Waals surface area contributed by atoms with E-state index in [2.05, 4.69) is 10.3 Å². The van der Waals surface area contributed by atoms with E-state index in [4.69, 9.17) is 9.47 Å². The number of carbonyl (C=O) groups excluding carboxylic acids is 2. The Labute approximate surface area is 163 Å². The van der Waals surface area contributed by atoms with Crippen LogP contribution >= 0.6 is 0 Å². The predicted octanol–water partition coefficient (Wildman–Crippen LogP) is 5.04. The Morgan fingerprint density at radius 1 is 1.00 bits per heavy atom. The molecule has 0 aliphatic rings. The molecule has 0 atom stereocenters. The fourth-order valence-electron chi connectivity index (χ4n) is 2.79. The molecule has 2 aromatic carbocycles. The third kappa shape index (κ3) is 4.46. The minimum absolute atomic E-state index is 0.387. The number of ether oxygens (including phenoxy) is 2. The smallest absolute Gasteiger partial charge is 0.412 e. The summed E-state index contributed by atoms with van der Waals surface area (Å²) in [5.41, 5.74) is 2.34. The second-order valence-electron chi connectivity index (χ2n) is 7.32. The molecule has 1 amide bonds. The van der Waals surface area contributed by atoms with Crippen molar-refractivity contribution in [1.29, 1.82) is 0 Å². The lowest BCUT2D eigenvalue weighted by atomic mass is 9.99. The standard InChI is InChI=1S/C22H22N2O4/c1-22(2,3)28-21(26)24-17-9-7-14(8-10-17)19-13-23-12-16-6-5-15(11-18(16)19)20(25)27-4/h5-13H,1-4H3,(H,24,26). The van der Waals surface area contributed by atoms with Crippen LogP contribution in [0.3, 0.4) is 0 Å². The van der Waals surface area contributed by atoms with E-state index >= 15 is 0 Å². The van der Waals surface area contributed by atoms with Gasteiger partial charge < -0.3 is 9.47 Å². The van der Waals surface area contributed by atoms with Crippen molar-refractivity contribution in [2.75, 3.05) is 12.4 Å². The number of methoxy groups -OCH3 is 1. The predicted molar refractivity (Wildman–Crippen MR) is 108 cm³/mol. The number of rotatable bonds is 3. The molecule has 0 unspecified atom stereocenters. The molecule has 6 nitrogen and oxygen atoms in total. The summed E-state index contributed by atoms with van der Waals surface area (Å²) < 4.78 is 10.1. The van der Waals surface area contributed by atoms with Crippen LogP contribution in [0.4, 0.5) is 10.5 Å². The topological polar surface area (TPSA) is 77.5 Å². The second kappa shape index (κ2) is 7.68. The summed E-state index contributed by atoms with van der Waals surface area (Å²) in [6, 6.07) is 12.7. The number of hydrogen-bond acceptors (Lipinski definition) is 5. The number of nitrogens with one attached hydrogen (secondary N) is 1. The van der Waals surface area contributed by atoms with Crippen molar-refractivity contribution in [1.82, 2.24) is 4.98 Å². The van der Waals surface area contributed by atoms with Gasteiger partial charge in [-0.25, -0.2) is 9.59 Å². The van der Waals surface area contributed by atoms with E-state index in [0.29, 0.717) is 11.3 Å². The minimum atomic E-state index is -0.560. The summed E-state index contributed by atoms with van der Waals surface area (Å²) in [5.74, 6) is -0.387. The largest absolute Gasteiger partial charge is 0.465 e. The number of carbonyl (C=O) groups is 2. The molecule has 144 valence electrons. The Morgan fingerprint density at radius 3 is 2.36 bits per heavy atom. The Hall–Kier alpha value is -3.41. The van der Waals surface area contributed by atoms with Crippen LogP contribution in [-0.2, 0) is 9.47 Å². The van der Waals surface area contributed by atoms with Gasteiger partial charge in [0.15, 0.2) is 0 Å². The molecular weight excluding hydrogens is 356 g/mol. The highest BCUT2D eigenvalue weighted by molar-refractivity contribution is 6.01. The van der Waals surface area contributed by atoms with E-state index in [1.165, 1.54) is 7.11 Å². The SMILES string of the molecule is COC(=O)c1ccc2cncc(-c3ccc(NC(=O)OC(C)(C)C)cc3)c2c1. The average molecular weight is 378 g/mol. The first-order chi connectivity index (χ1) is 13.3.